The molecule has 0 fully saturated rings. The minimum Gasteiger partial charge on any atom is -0.477 e. The Hall–Kier alpha value is -1.95. The summed E-state index contributed by atoms with van der Waals surface area (Å²) < 4.78 is 1.57. The van der Waals surface area contributed by atoms with Crippen molar-refractivity contribution in [2.45, 2.75) is 31.8 Å². The Labute approximate surface area is 128 Å². The molecule has 1 aromatic carbocycles. The van der Waals surface area contributed by atoms with E-state index in [2.05, 4.69) is 5.10 Å². The zero-order chi connectivity index (χ0) is 15.4. The predicted octanol–water partition coefficient (Wildman–Crippen LogP) is 3.02. The maximum absolute atomic E-state index is 11.4. The number of nitrogens with two attached hydrogens (primary N) is 1. The van der Waals surface area contributed by atoms with Crippen molar-refractivity contribution < 1.29 is 9.90 Å². The highest BCUT2D eigenvalue weighted by Gasteiger charge is 2.22. The lowest BCUT2D eigenvalue weighted by Gasteiger charge is -2.07. The second kappa shape index (κ2) is 6.67. The number of carboxylic acid groups (broad SMARTS) is 1. The predicted molar refractivity (Wildman–Crippen MR) is 84.9 cm³/mol. The minimum absolute atomic E-state index is 0.113. The summed E-state index contributed by atoms with van der Waals surface area (Å²) in [4.78, 5) is 11.4. The third kappa shape index (κ3) is 3.39. The molecule has 5 nitrogen and oxygen atoms in total. The van der Waals surface area contributed by atoms with Crippen LogP contribution in [-0.2, 0) is 6.54 Å². The van der Waals surface area contributed by atoms with Crippen molar-refractivity contribution >= 4 is 23.5 Å². The van der Waals surface area contributed by atoms with Gasteiger partial charge in [0.15, 0.2) is 0 Å². The molecule has 0 atom stereocenters. The Balaban J connectivity index is 2.36. The Morgan fingerprint density at radius 3 is 2.76 bits per heavy atom. The van der Waals surface area contributed by atoms with Gasteiger partial charge in [-0.3, -0.25) is 0 Å². The van der Waals surface area contributed by atoms with E-state index in [4.69, 9.17) is 5.73 Å². The summed E-state index contributed by atoms with van der Waals surface area (Å²) in [5, 5.41) is 14.2. The third-order valence-electron chi connectivity index (χ3n) is 3.20. The maximum atomic E-state index is 11.4. The second-order valence-electron chi connectivity index (χ2n) is 4.80. The summed E-state index contributed by atoms with van der Waals surface area (Å²) in [5.41, 5.74) is 8.30. The molecule has 3 N–H and O–H groups in total. The molecule has 21 heavy (non-hydrogen) atoms. The first-order valence-electron chi connectivity index (χ1n) is 6.81. The second-order valence-corrected chi connectivity index (χ2v) is 5.89. The summed E-state index contributed by atoms with van der Waals surface area (Å²) in [6.07, 6.45) is 0.953. The van der Waals surface area contributed by atoms with Crippen LogP contribution in [0, 0.1) is 6.92 Å². The number of anilines is 1. The average molecular weight is 305 g/mol. The zero-order valence-corrected chi connectivity index (χ0v) is 13.0. The minimum atomic E-state index is -1.03. The van der Waals surface area contributed by atoms with Gasteiger partial charge in [0.2, 0.25) is 0 Å². The molecule has 0 radical (unpaired) electrons. The molecule has 0 spiro atoms. The van der Waals surface area contributed by atoms with Crippen molar-refractivity contribution in [3.63, 3.8) is 0 Å². The van der Waals surface area contributed by atoms with Gasteiger partial charge < -0.3 is 10.8 Å². The first-order chi connectivity index (χ1) is 10.0. The standard InChI is InChI=1S/C15H19N3O2S/c1-3-8-21-14-12(15(19)20)13(16)18(17-14)9-11-7-5-4-6-10(11)2/h4-7H,3,8-9,16H2,1-2H3,(H,19,20). The van der Waals surface area contributed by atoms with E-state index < -0.39 is 5.97 Å². The van der Waals surface area contributed by atoms with Gasteiger partial charge in [0.25, 0.3) is 0 Å². The summed E-state index contributed by atoms with van der Waals surface area (Å²) in [6.45, 7) is 4.53. The molecular weight excluding hydrogens is 286 g/mol. The number of nitrogens with zero attached hydrogens (tertiary/aromatic N) is 2. The van der Waals surface area contributed by atoms with Gasteiger partial charge in [0.1, 0.15) is 16.4 Å². The summed E-state index contributed by atoms with van der Waals surface area (Å²) in [5.74, 6) is 0.00710. The lowest BCUT2D eigenvalue weighted by molar-refractivity contribution is 0.0694. The molecule has 2 rings (SSSR count). The largest absolute Gasteiger partial charge is 0.477 e. The van der Waals surface area contributed by atoms with Crippen molar-refractivity contribution in [2.24, 2.45) is 0 Å². The van der Waals surface area contributed by atoms with Crippen LogP contribution in [0.5, 0.6) is 0 Å². The number of aryl methyl sites for hydroxylation is 1. The molecule has 1 aromatic heterocycles. The third-order valence-corrected chi connectivity index (χ3v) is 4.37. The molecule has 0 aliphatic heterocycles. The lowest BCUT2D eigenvalue weighted by Crippen LogP contribution is -2.09. The fraction of sp³-hybridized carbons (Fsp3) is 0.333. The Bertz CT molecular complexity index is 652. The number of nitrogen functional groups attached to an aromatic ring is 1. The van der Waals surface area contributed by atoms with Crippen molar-refractivity contribution in [2.75, 3.05) is 11.5 Å². The van der Waals surface area contributed by atoms with Crippen LogP contribution in [-0.4, -0.2) is 26.6 Å². The molecule has 0 aliphatic rings. The van der Waals surface area contributed by atoms with Crippen molar-refractivity contribution in [3.05, 3.63) is 41.0 Å². The van der Waals surface area contributed by atoms with E-state index in [0.717, 1.165) is 23.3 Å². The lowest BCUT2D eigenvalue weighted by atomic mass is 10.1. The van der Waals surface area contributed by atoms with E-state index in [1.807, 2.05) is 38.1 Å². The quantitative estimate of drug-likeness (QED) is 0.802. The zero-order valence-electron chi connectivity index (χ0n) is 12.2. The molecule has 0 amide bonds. The Kier molecular flexibility index (Phi) is 4.90. The number of hydrogen-bond acceptors (Lipinski definition) is 4. The van der Waals surface area contributed by atoms with Crippen molar-refractivity contribution in [3.8, 4) is 0 Å². The van der Waals surface area contributed by atoms with Crippen LogP contribution in [0.1, 0.15) is 34.8 Å². The highest BCUT2D eigenvalue weighted by atomic mass is 32.2. The number of thioether (sulfide) groups is 1. The topological polar surface area (TPSA) is 81.1 Å². The van der Waals surface area contributed by atoms with Gasteiger partial charge in [-0.05, 0) is 30.2 Å². The van der Waals surface area contributed by atoms with Crippen LogP contribution < -0.4 is 5.73 Å². The van der Waals surface area contributed by atoms with Crippen LogP contribution in [0.15, 0.2) is 29.3 Å². The monoisotopic (exact) mass is 305 g/mol. The molecule has 1 heterocycles. The van der Waals surface area contributed by atoms with E-state index in [0.29, 0.717) is 11.6 Å². The van der Waals surface area contributed by atoms with Crippen LogP contribution in [0.4, 0.5) is 5.82 Å². The maximum Gasteiger partial charge on any atom is 0.342 e. The number of aromatic carboxylic acids is 1. The summed E-state index contributed by atoms with van der Waals surface area (Å²) in [6, 6.07) is 7.93. The number of rotatable bonds is 6. The normalized spacial score (nSPS) is 10.8. The molecule has 2 aromatic rings. The van der Waals surface area contributed by atoms with E-state index in [9.17, 15) is 9.90 Å². The van der Waals surface area contributed by atoms with E-state index in [1.54, 1.807) is 4.68 Å². The molecule has 0 saturated carbocycles. The summed E-state index contributed by atoms with van der Waals surface area (Å²) >= 11 is 1.43. The van der Waals surface area contributed by atoms with Gasteiger partial charge in [0, 0.05) is 0 Å². The molecule has 6 heteroatoms. The van der Waals surface area contributed by atoms with Crippen molar-refractivity contribution in [1.82, 2.24) is 9.78 Å². The Morgan fingerprint density at radius 1 is 1.43 bits per heavy atom. The van der Waals surface area contributed by atoms with Gasteiger partial charge in [-0.1, -0.05) is 31.2 Å². The first kappa shape index (κ1) is 15.4. The van der Waals surface area contributed by atoms with E-state index >= 15 is 0 Å². The number of benzene rings is 1. The van der Waals surface area contributed by atoms with Crippen molar-refractivity contribution in [1.29, 1.82) is 0 Å². The molecule has 0 unspecified atom stereocenters. The van der Waals surface area contributed by atoms with Crippen LogP contribution in [0.3, 0.4) is 0 Å². The average Bonchev–Trinajstić information content (AvgIpc) is 2.75. The van der Waals surface area contributed by atoms with Gasteiger partial charge >= 0.3 is 5.97 Å². The van der Waals surface area contributed by atoms with Crippen LogP contribution in [0.25, 0.3) is 0 Å². The van der Waals surface area contributed by atoms with Gasteiger partial charge in [-0.2, -0.15) is 5.10 Å². The van der Waals surface area contributed by atoms with E-state index in [1.165, 1.54) is 11.8 Å². The fourth-order valence-electron chi connectivity index (χ4n) is 2.02. The molecule has 0 bridgehead atoms. The van der Waals surface area contributed by atoms with Gasteiger partial charge in [-0.25, -0.2) is 9.48 Å². The smallest absolute Gasteiger partial charge is 0.342 e. The molecule has 0 aliphatic carbocycles. The van der Waals surface area contributed by atoms with Gasteiger partial charge in [-0.15, -0.1) is 11.8 Å². The SMILES string of the molecule is CCCSc1nn(Cc2ccccc2C)c(N)c1C(=O)O. The van der Waals surface area contributed by atoms with Crippen LogP contribution >= 0.6 is 11.8 Å². The first-order valence-corrected chi connectivity index (χ1v) is 7.80. The number of carboxylic acids is 1. The highest BCUT2D eigenvalue weighted by Crippen LogP contribution is 2.27. The number of carbonyl (C=O) groups is 1. The van der Waals surface area contributed by atoms with E-state index in [-0.39, 0.29) is 11.4 Å². The highest BCUT2D eigenvalue weighted by molar-refractivity contribution is 7.99. The number of aromatic nitrogens is 2. The molecule has 112 valence electrons. The van der Waals surface area contributed by atoms with Crippen LogP contribution in [0.2, 0.25) is 0 Å². The molecule has 0 saturated heterocycles. The Morgan fingerprint density at radius 2 is 2.14 bits per heavy atom. The number of hydrogen-bond donors (Lipinski definition) is 2. The summed E-state index contributed by atoms with van der Waals surface area (Å²) in [7, 11) is 0. The van der Waals surface area contributed by atoms with Gasteiger partial charge in [0.05, 0.1) is 6.54 Å². The molecular formula is C15H19N3O2S. The fourth-order valence-corrected chi connectivity index (χ4v) is 2.91.